The summed E-state index contributed by atoms with van der Waals surface area (Å²) in [4.78, 5) is 38.6. The van der Waals surface area contributed by atoms with E-state index >= 15 is 4.39 Å². The van der Waals surface area contributed by atoms with Crippen molar-refractivity contribution in [1.82, 2.24) is 5.32 Å². The lowest BCUT2D eigenvalue weighted by Crippen LogP contribution is -2.55. The number of nitrogens with one attached hydrogen (secondary N) is 1. The SMILES string of the molecule is CCOC(=O)[C@@](F)(C(=O)c1ccccc1)[C@@H](NC(=O)OC(C)(C)C)c1ccccc1Cl. The maximum absolute atomic E-state index is 16.6. The normalized spacial score (nSPS) is 14.1. The number of carbonyl (C=O) groups excluding carboxylic acids is 3. The van der Waals surface area contributed by atoms with Gasteiger partial charge in [0.25, 0.3) is 5.67 Å². The lowest BCUT2D eigenvalue weighted by Gasteiger charge is -2.32. The number of hydrogen-bond acceptors (Lipinski definition) is 5. The molecule has 166 valence electrons. The number of halogens is 2. The lowest BCUT2D eigenvalue weighted by atomic mass is 9.83. The molecule has 0 bridgehead atoms. The third-order valence-electron chi connectivity index (χ3n) is 4.21. The zero-order valence-electron chi connectivity index (χ0n) is 17.8. The standard InChI is InChI=1S/C23H25ClFNO5/c1-5-30-20(28)23(25,19(27)15-11-7-6-8-12-15)18(16-13-9-10-14-17(16)24)26-21(29)31-22(2,3)4/h6-14,18H,5H2,1-4H3,(H,26,29)/t18-,23-/m0/s1. The number of alkyl carbamates (subject to hydrolysis) is 1. The fraction of sp³-hybridized carbons (Fsp3) is 0.348. The van der Waals surface area contributed by atoms with Crippen molar-refractivity contribution in [2.75, 3.05) is 6.61 Å². The molecule has 0 radical (unpaired) electrons. The fourth-order valence-corrected chi connectivity index (χ4v) is 3.15. The Morgan fingerprint density at radius 2 is 1.61 bits per heavy atom. The van der Waals surface area contributed by atoms with Gasteiger partial charge in [0.1, 0.15) is 11.6 Å². The van der Waals surface area contributed by atoms with E-state index in [1.165, 1.54) is 43.3 Å². The van der Waals surface area contributed by atoms with Crippen LogP contribution in [0, 0.1) is 0 Å². The number of amides is 1. The average molecular weight is 450 g/mol. The minimum Gasteiger partial charge on any atom is -0.463 e. The average Bonchev–Trinajstić information content (AvgIpc) is 2.71. The molecule has 0 fully saturated rings. The first-order valence-corrected chi connectivity index (χ1v) is 10.1. The van der Waals surface area contributed by atoms with Gasteiger partial charge in [-0.25, -0.2) is 14.0 Å². The fourth-order valence-electron chi connectivity index (χ4n) is 2.90. The van der Waals surface area contributed by atoms with Crippen LogP contribution >= 0.6 is 11.6 Å². The van der Waals surface area contributed by atoms with Gasteiger partial charge < -0.3 is 14.8 Å². The topological polar surface area (TPSA) is 81.7 Å². The van der Waals surface area contributed by atoms with Crippen molar-refractivity contribution in [3.63, 3.8) is 0 Å². The Labute approximate surface area is 185 Å². The van der Waals surface area contributed by atoms with Crippen molar-refractivity contribution >= 4 is 29.4 Å². The summed E-state index contributed by atoms with van der Waals surface area (Å²) in [5, 5.41) is 2.37. The number of carbonyl (C=O) groups is 3. The van der Waals surface area contributed by atoms with Crippen LogP contribution in [0.25, 0.3) is 0 Å². The van der Waals surface area contributed by atoms with Crippen LogP contribution in [-0.4, -0.2) is 35.7 Å². The summed E-state index contributed by atoms with van der Waals surface area (Å²) in [6.07, 6.45) is -1.02. The number of ketones is 1. The molecule has 0 aliphatic heterocycles. The molecular formula is C23H25ClFNO5. The van der Waals surface area contributed by atoms with Crippen molar-refractivity contribution in [2.24, 2.45) is 0 Å². The van der Waals surface area contributed by atoms with E-state index < -0.39 is 35.2 Å². The summed E-state index contributed by atoms with van der Waals surface area (Å²) in [6.45, 7) is 6.19. The number of hydrogen-bond donors (Lipinski definition) is 1. The summed E-state index contributed by atoms with van der Waals surface area (Å²) in [7, 11) is 0. The zero-order chi connectivity index (χ0) is 23.2. The second-order valence-electron chi connectivity index (χ2n) is 7.73. The summed E-state index contributed by atoms with van der Waals surface area (Å²) < 4.78 is 26.8. The summed E-state index contributed by atoms with van der Waals surface area (Å²) in [5.41, 5.74) is -4.25. The number of ether oxygens (including phenoxy) is 2. The highest BCUT2D eigenvalue weighted by molar-refractivity contribution is 6.31. The molecule has 8 heteroatoms. The van der Waals surface area contributed by atoms with Crippen LogP contribution in [-0.2, 0) is 14.3 Å². The number of benzene rings is 2. The zero-order valence-corrected chi connectivity index (χ0v) is 18.5. The Bertz CT molecular complexity index is 944. The van der Waals surface area contributed by atoms with E-state index in [0.29, 0.717) is 0 Å². The van der Waals surface area contributed by atoms with Gasteiger partial charge >= 0.3 is 12.1 Å². The Balaban J connectivity index is 2.65. The predicted octanol–water partition coefficient (Wildman–Crippen LogP) is 5.06. The van der Waals surface area contributed by atoms with Crippen LogP contribution in [0.4, 0.5) is 9.18 Å². The van der Waals surface area contributed by atoms with Gasteiger partial charge in [-0.1, -0.05) is 60.1 Å². The molecule has 2 atom stereocenters. The van der Waals surface area contributed by atoms with Gasteiger partial charge in [-0.3, -0.25) is 4.79 Å². The van der Waals surface area contributed by atoms with Gasteiger partial charge in [0.2, 0.25) is 5.78 Å². The van der Waals surface area contributed by atoms with E-state index in [1.54, 1.807) is 39.0 Å². The summed E-state index contributed by atoms with van der Waals surface area (Å²) >= 11 is 6.25. The van der Waals surface area contributed by atoms with Crippen molar-refractivity contribution < 1.29 is 28.2 Å². The number of rotatable bonds is 7. The third kappa shape index (κ3) is 5.82. The highest BCUT2D eigenvalue weighted by Gasteiger charge is 2.57. The van der Waals surface area contributed by atoms with Crippen molar-refractivity contribution in [2.45, 2.75) is 45.0 Å². The summed E-state index contributed by atoms with van der Waals surface area (Å²) in [6, 6.07) is 11.7. The second-order valence-corrected chi connectivity index (χ2v) is 8.14. The second kappa shape index (κ2) is 9.92. The molecule has 6 nitrogen and oxygen atoms in total. The Hall–Kier alpha value is -2.93. The maximum Gasteiger partial charge on any atom is 0.408 e. The van der Waals surface area contributed by atoms with Crippen LogP contribution < -0.4 is 5.32 Å². The Morgan fingerprint density at radius 3 is 2.16 bits per heavy atom. The van der Waals surface area contributed by atoms with Gasteiger partial charge in [0.15, 0.2) is 0 Å². The van der Waals surface area contributed by atoms with E-state index in [-0.39, 0.29) is 22.8 Å². The van der Waals surface area contributed by atoms with E-state index in [1.807, 2.05) is 0 Å². The molecule has 0 aliphatic rings. The molecule has 0 saturated carbocycles. The monoisotopic (exact) mass is 449 g/mol. The van der Waals surface area contributed by atoms with E-state index in [9.17, 15) is 14.4 Å². The van der Waals surface area contributed by atoms with Crippen LogP contribution in [0.1, 0.15) is 49.7 Å². The van der Waals surface area contributed by atoms with Crippen molar-refractivity contribution in [3.05, 3.63) is 70.7 Å². The predicted molar refractivity (Wildman–Crippen MR) is 115 cm³/mol. The first-order chi connectivity index (χ1) is 14.5. The number of alkyl halides is 1. The van der Waals surface area contributed by atoms with E-state index in [2.05, 4.69) is 5.32 Å². The first kappa shape index (κ1) is 24.3. The summed E-state index contributed by atoms with van der Waals surface area (Å²) in [5.74, 6) is -2.61. The molecule has 1 N–H and O–H groups in total. The highest BCUT2D eigenvalue weighted by atomic mass is 35.5. The third-order valence-corrected chi connectivity index (χ3v) is 4.56. The quantitative estimate of drug-likeness (QED) is 0.363. The van der Waals surface area contributed by atoms with Crippen molar-refractivity contribution in [3.8, 4) is 0 Å². The lowest BCUT2D eigenvalue weighted by molar-refractivity contribution is -0.155. The minimum absolute atomic E-state index is 0.0230. The molecule has 0 heterocycles. The molecule has 2 aromatic rings. The maximum atomic E-state index is 16.6. The largest absolute Gasteiger partial charge is 0.463 e. The van der Waals surface area contributed by atoms with Gasteiger partial charge in [-0.15, -0.1) is 0 Å². The highest BCUT2D eigenvalue weighted by Crippen LogP contribution is 2.38. The Kier molecular flexibility index (Phi) is 7.79. The van der Waals surface area contributed by atoms with Crippen LogP contribution in [0.15, 0.2) is 54.6 Å². The van der Waals surface area contributed by atoms with Gasteiger partial charge in [0.05, 0.1) is 6.61 Å². The molecule has 0 aromatic heterocycles. The molecule has 2 aromatic carbocycles. The molecule has 31 heavy (non-hydrogen) atoms. The molecular weight excluding hydrogens is 425 g/mol. The molecule has 0 spiro atoms. The van der Waals surface area contributed by atoms with Crippen LogP contribution in [0.5, 0.6) is 0 Å². The molecule has 0 saturated heterocycles. The van der Waals surface area contributed by atoms with E-state index in [4.69, 9.17) is 21.1 Å². The first-order valence-electron chi connectivity index (χ1n) is 9.70. The Morgan fingerprint density at radius 1 is 1.03 bits per heavy atom. The molecule has 0 aliphatic carbocycles. The smallest absolute Gasteiger partial charge is 0.408 e. The number of Topliss-reactive ketones (excluding diaryl/α,β-unsaturated/α-hetero) is 1. The molecule has 1 amide bonds. The van der Waals surface area contributed by atoms with Crippen LogP contribution in [0.3, 0.4) is 0 Å². The minimum atomic E-state index is -3.31. The van der Waals surface area contributed by atoms with Crippen molar-refractivity contribution in [1.29, 1.82) is 0 Å². The van der Waals surface area contributed by atoms with Gasteiger partial charge in [-0.2, -0.15) is 0 Å². The molecule has 0 unspecified atom stereocenters. The van der Waals surface area contributed by atoms with E-state index in [0.717, 1.165) is 0 Å². The number of esters is 1. The van der Waals surface area contributed by atoms with Gasteiger partial charge in [-0.05, 0) is 39.3 Å². The van der Waals surface area contributed by atoms with Crippen LogP contribution in [0.2, 0.25) is 5.02 Å². The molecule has 2 rings (SSSR count). The van der Waals surface area contributed by atoms with Gasteiger partial charge in [0, 0.05) is 10.6 Å².